The number of nitrogens with zero attached hydrogens (tertiary/aromatic N) is 5. The molecule has 0 fully saturated rings. The minimum Gasteiger partial charge on any atom is -1.00 e. The van der Waals surface area contributed by atoms with Crippen LogP contribution < -0.4 is 40.8 Å². The number of anilines is 1. The van der Waals surface area contributed by atoms with Gasteiger partial charge in [-0.05, 0) is 64.5 Å². The van der Waals surface area contributed by atoms with Gasteiger partial charge in [-0.25, -0.2) is 4.98 Å². The average molecular weight is 730 g/mol. The number of nitro groups is 2. The summed E-state index contributed by atoms with van der Waals surface area (Å²) in [5.74, 6) is 0. The molecule has 3 aromatic carbocycles. The van der Waals surface area contributed by atoms with Crippen molar-refractivity contribution in [3.05, 3.63) is 171 Å². The van der Waals surface area contributed by atoms with Crippen molar-refractivity contribution in [1.29, 1.82) is 0 Å². The number of halogens is 1. The van der Waals surface area contributed by atoms with Crippen LogP contribution in [0.5, 0.6) is 0 Å². The third-order valence-electron chi connectivity index (χ3n) is 5.98. The van der Waals surface area contributed by atoms with E-state index in [9.17, 15) is 20.2 Å². The Kier molecular flexibility index (Phi) is 19.6. The van der Waals surface area contributed by atoms with Crippen LogP contribution in [0.2, 0.25) is 0 Å². The van der Waals surface area contributed by atoms with Gasteiger partial charge in [0.1, 0.15) is 4.60 Å². The number of aromatic nitrogens is 3. The average Bonchev–Trinajstić information content (AvgIpc) is 3.10. The second-order valence-electron chi connectivity index (χ2n) is 9.13. The van der Waals surface area contributed by atoms with E-state index in [4.69, 9.17) is 15.8 Å². The monoisotopic (exact) mass is 729 g/mol. The van der Waals surface area contributed by atoms with Crippen molar-refractivity contribution in [2.45, 2.75) is 0 Å². The van der Waals surface area contributed by atoms with E-state index >= 15 is 0 Å². The zero-order valence-electron chi connectivity index (χ0n) is 27.2. The predicted octanol–water partition coefficient (Wildman–Crippen LogP) is 2.84. The Hall–Kier alpha value is -4.76. The van der Waals surface area contributed by atoms with Crippen molar-refractivity contribution in [3.8, 4) is 22.5 Å². The van der Waals surface area contributed by atoms with E-state index in [2.05, 4.69) is 30.9 Å². The quantitative estimate of drug-likeness (QED) is 0.0782. The number of benzene rings is 3. The van der Waals surface area contributed by atoms with Crippen LogP contribution in [0, 0.1) is 20.2 Å². The molecule has 0 spiro atoms. The van der Waals surface area contributed by atoms with E-state index in [1.54, 1.807) is 55.0 Å². The van der Waals surface area contributed by atoms with Gasteiger partial charge < -0.3 is 17.2 Å². The molecule has 6 rings (SSSR count). The second kappa shape index (κ2) is 22.7. The molecule has 0 atom stereocenters. The number of rotatable bonds is 5. The van der Waals surface area contributed by atoms with E-state index in [1.165, 1.54) is 30.3 Å². The normalized spacial score (nSPS) is 9.20. The van der Waals surface area contributed by atoms with Crippen LogP contribution in [-0.4, -0.2) is 50.4 Å². The largest absolute Gasteiger partial charge is 1.00 e. The third-order valence-corrected chi connectivity index (χ3v) is 6.45. The van der Waals surface area contributed by atoms with Crippen LogP contribution >= 0.6 is 15.9 Å². The van der Waals surface area contributed by atoms with E-state index in [0.717, 1.165) is 21.5 Å². The molecular weight excluding hydrogens is 701 g/mol. The van der Waals surface area contributed by atoms with Gasteiger partial charge in [0.2, 0.25) is 0 Å². The number of hydrogen-bond acceptors (Lipinski definition) is 10. The topological polar surface area (TPSA) is 191 Å². The van der Waals surface area contributed by atoms with Crippen LogP contribution in [0.25, 0.3) is 22.5 Å². The maximum Gasteiger partial charge on any atom is 1.00 e. The van der Waals surface area contributed by atoms with Crippen LogP contribution in [0.4, 0.5) is 17.1 Å². The standard InChI is InChI=1S/C11H8N2O2.C11H10N2.C6H6BNO4.C5H4BrN.B.Na.H/c14-13(15)11-7-2-1-5-9(11)10-6-3-4-8-12-10;12-10-6-2-1-5-9(10)11-7-3-4-8-13-11;9-7(10)5-3-1-2-4-6(5)8(11)12;6-5-3-1-2-4-7-5;;;/h1-8H;1-8H,12H2;1-4,9-10H;1-4H;;;/q;;;;;+1;-1. The Morgan fingerprint density at radius 1 is 0.612 bits per heavy atom. The fraction of sp³-hybridized carbons (Fsp3) is 0. The number of hydrogen-bond donors (Lipinski definition) is 3. The SMILES string of the molecule is Brc1ccccn1.Nc1ccccc1-c1ccccn1.O=[N+]([O-])c1ccccc1-c1ccccn1.O=[N+]([O-])c1ccccc1B(O)O.[B].[H-].[Na+]. The minimum atomic E-state index is -1.80. The summed E-state index contributed by atoms with van der Waals surface area (Å²) in [5.41, 5.74) is 9.34. The van der Waals surface area contributed by atoms with Gasteiger partial charge in [-0.3, -0.25) is 30.2 Å². The first-order valence-corrected chi connectivity index (χ1v) is 14.5. The summed E-state index contributed by atoms with van der Waals surface area (Å²) < 4.78 is 0.884. The number of nitrogen functional groups attached to an aromatic ring is 1. The molecule has 0 saturated carbocycles. The van der Waals surface area contributed by atoms with E-state index in [1.807, 2.05) is 60.7 Å². The molecule has 0 aliphatic carbocycles. The zero-order chi connectivity index (χ0) is 34.0. The van der Waals surface area contributed by atoms with Crippen molar-refractivity contribution in [2.24, 2.45) is 0 Å². The molecule has 0 amide bonds. The predicted molar refractivity (Wildman–Crippen MR) is 192 cm³/mol. The molecule has 0 saturated heterocycles. The molecule has 4 N–H and O–H groups in total. The maximum atomic E-state index is 10.8. The van der Waals surface area contributed by atoms with E-state index < -0.39 is 17.0 Å². The molecule has 16 heteroatoms. The molecule has 49 heavy (non-hydrogen) atoms. The summed E-state index contributed by atoms with van der Waals surface area (Å²) in [6.07, 6.45) is 5.12. The van der Waals surface area contributed by atoms with Crippen molar-refractivity contribution >= 4 is 54.0 Å². The van der Waals surface area contributed by atoms with Crippen LogP contribution in [0.3, 0.4) is 0 Å². The minimum absolute atomic E-state index is 0. The third kappa shape index (κ3) is 14.1. The molecule has 3 aromatic heterocycles. The molecule has 0 aliphatic heterocycles. The van der Waals surface area contributed by atoms with Crippen molar-refractivity contribution < 1.29 is 50.9 Å². The fourth-order valence-electron chi connectivity index (χ4n) is 3.84. The van der Waals surface area contributed by atoms with Crippen molar-refractivity contribution in [3.63, 3.8) is 0 Å². The second-order valence-corrected chi connectivity index (χ2v) is 9.95. The summed E-state index contributed by atoms with van der Waals surface area (Å²) in [7, 11) is -1.80. The van der Waals surface area contributed by atoms with Crippen LogP contribution in [0.1, 0.15) is 1.43 Å². The number of nitrogens with two attached hydrogens (primary N) is 1. The molecule has 3 radical (unpaired) electrons. The first kappa shape index (κ1) is 42.3. The Balaban J connectivity index is 0.000000644. The van der Waals surface area contributed by atoms with Crippen LogP contribution in [-0.2, 0) is 0 Å². The number of para-hydroxylation sites is 3. The Bertz CT molecular complexity index is 1870. The van der Waals surface area contributed by atoms with Gasteiger partial charge in [0.15, 0.2) is 0 Å². The Morgan fingerprint density at radius 3 is 1.45 bits per heavy atom. The summed E-state index contributed by atoms with van der Waals surface area (Å²) in [6, 6.07) is 36.6. The molecule has 0 bridgehead atoms. The molecular formula is C33H29B2BrN6NaO6. The first-order chi connectivity index (χ1) is 22.7. The molecule has 12 nitrogen and oxygen atoms in total. The van der Waals surface area contributed by atoms with Gasteiger partial charge in [-0.2, -0.15) is 0 Å². The van der Waals surface area contributed by atoms with Gasteiger partial charge in [0.25, 0.3) is 11.4 Å². The summed E-state index contributed by atoms with van der Waals surface area (Å²) in [4.78, 5) is 32.2. The smallest absolute Gasteiger partial charge is 1.00 e. The van der Waals surface area contributed by atoms with Gasteiger partial charge in [-0.15, -0.1) is 0 Å². The molecule has 0 aliphatic rings. The molecule has 3 heterocycles. The zero-order valence-corrected chi connectivity index (χ0v) is 29.8. The molecule has 241 valence electrons. The number of pyridine rings is 3. The Morgan fingerprint density at radius 2 is 1.04 bits per heavy atom. The Labute approximate surface area is 317 Å². The molecule has 6 aromatic rings. The summed E-state index contributed by atoms with van der Waals surface area (Å²) in [5, 5.41) is 38.5. The van der Waals surface area contributed by atoms with Gasteiger partial charge in [0.05, 0.1) is 32.3 Å². The molecule has 0 unspecified atom stereocenters. The first-order valence-electron chi connectivity index (χ1n) is 13.8. The van der Waals surface area contributed by atoms with E-state index in [-0.39, 0.29) is 56.2 Å². The van der Waals surface area contributed by atoms with Crippen molar-refractivity contribution in [2.75, 3.05) is 5.73 Å². The van der Waals surface area contributed by atoms with E-state index in [0.29, 0.717) is 11.3 Å². The van der Waals surface area contributed by atoms with Gasteiger partial charge in [0, 0.05) is 50.4 Å². The van der Waals surface area contributed by atoms with Gasteiger partial charge >= 0.3 is 36.7 Å². The number of nitro benzene ring substituents is 2. The van der Waals surface area contributed by atoms with Crippen LogP contribution in [0.15, 0.2) is 151 Å². The van der Waals surface area contributed by atoms with Gasteiger partial charge in [-0.1, -0.05) is 66.7 Å². The van der Waals surface area contributed by atoms with Crippen molar-refractivity contribution in [1.82, 2.24) is 15.0 Å². The fourth-order valence-corrected chi connectivity index (χ4v) is 4.11. The maximum absolute atomic E-state index is 10.8. The summed E-state index contributed by atoms with van der Waals surface area (Å²) in [6.45, 7) is 0. The summed E-state index contributed by atoms with van der Waals surface area (Å²) >= 11 is 3.20.